The van der Waals surface area contributed by atoms with Crippen molar-refractivity contribution in [3.8, 4) is 5.75 Å². The first-order chi connectivity index (χ1) is 11.6. The van der Waals surface area contributed by atoms with E-state index in [9.17, 15) is 9.59 Å². The Morgan fingerprint density at radius 1 is 1.00 bits per heavy atom. The fourth-order valence-corrected chi connectivity index (χ4v) is 2.68. The van der Waals surface area contributed by atoms with Crippen molar-refractivity contribution in [2.24, 2.45) is 0 Å². The number of ketones is 1. The number of hydrogen-bond donors (Lipinski definition) is 0. The Kier molecular flexibility index (Phi) is 7.06. The molecule has 1 aromatic carbocycles. The molecule has 6 heteroatoms. The molecule has 2 rings (SSSR count). The molecule has 1 heterocycles. The van der Waals surface area contributed by atoms with E-state index >= 15 is 0 Å². The van der Waals surface area contributed by atoms with Gasteiger partial charge < -0.3 is 14.4 Å². The van der Waals surface area contributed by atoms with Crippen LogP contribution in [0.15, 0.2) is 24.3 Å². The first-order valence-electron chi connectivity index (χ1n) is 8.54. The molecule has 24 heavy (non-hydrogen) atoms. The second-order valence-corrected chi connectivity index (χ2v) is 5.66. The Balaban J connectivity index is 1.73. The van der Waals surface area contributed by atoms with Gasteiger partial charge in [0.25, 0.3) is 0 Å². The molecule has 1 aromatic rings. The lowest BCUT2D eigenvalue weighted by molar-refractivity contribution is 0.0764. The van der Waals surface area contributed by atoms with Crippen LogP contribution in [-0.2, 0) is 4.74 Å². The zero-order valence-corrected chi connectivity index (χ0v) is 14.5. The van der Waals surface area contributed by atoms with E-state index < -0.39 is 0 Å². The highest BCUT2D eigenvalue weighted by Gasteiger charge is 2.22. The molecule has 132 valence electrons. The molecule has 1 amide bonds. The number of ether oxygens (including phenoxy) is 2. The maximum Gasteiger partial charge on any atom is 0.409 e. The number of Topliss-reactive ketones (excluding diaryl/α,β-unsaturated/α-hetero) is 1. The van der Waals surface area contributed by atoms with Gasteiger partial charge in [0.2, 0.25) is 0 Å². The Hall–Kier alpha value is -2.08. The maximum absolute atomic E-state index is 12.3. The lowest BCUT2D eigenvalue weighted by atomic mass is 10.1. The molecule has 0 unspecified atom stereocenters. The number of benzene rings is 1. The van der Waals surface area contributed by atoms with Gasteiger partial charge >= 0.3 is 6.09 Å². The lowest BCUT2D eigenvalue weighted by Gasteiger charge is -2.33. The van der Waals surface area contributed by atoms with E-state index in [2.05, 4.69) is 4.90 Å². The van der Waals surface area contributed by atoms with Gasteiger partial charge in [0, 0.05) is 44.7 Å². The summed E-state index contributed by atoms with van der Waals surface area (Å²) in [6, 6.07) is 7.28. The van der Waals surface area contributed by atoms with Gasteiger partial charge in [0.15, 0.2) is 5.78 Å². The van der Waals surface area contributed by atoms with Crippen molar-refractivity contribution in [1.29, 1.82) is 0 Å². The van der Waals surface area contributed by atoms with E-state index in [-0.39, 0.29) is 11.9 Å². The zero-order valence-electron chi connectivity index (χ0n) is 14.5. The molecule has 0 N–H and O–H groups in total. The Morgan fingerprint density at radius 2 is 1.67 bits per heavy atom. The summed E-state index contributed by atoms with van der Waals surface area (Å²) in [6.07, 6.45) is 0.232. The normalized spacial score (nSPS) is 15.2. The smallest absolute Gasteiger partial charge is 0.409 e. The summed E-state index contributed by atoms with van der Waals surface area (Å²) in [4.78, 5) is 27.8. The van der Waals surface area contributed by atoms with Crippen LogP contribution in [0.3, 0.4) is 0 Å². The molecule has 1 saturated heterocycles. The standard InChI is InChI=1S/C18H26N2O4/c1-3-23-16-7-5-15(6-8-16)17(21)9-10-19-11-13-20(14-12-19)18(22)24-4-2/h5-8H,3-4,9-14H2,1-2H3. The number of nitrogens with zero attached hydrogens (tertiary/aromatic N) is 2. The van der Waals surface area contributed by atoms with Gasteiger partial charge in [-0.05, 0) is 38.1 Å². The van der Waals surface area contributed by atoms with Gasteiger partial charge in [0.05, 0.1) is 13.2 Å². The number of amides is 1. The minimum atomic E-state index is -0.248. The van der Waals surface area contributed by atoms with Crippen LogP contribution in [0.5, 0.6) is 5.75 Å². The fraction of sp³-hybridized carbons (Fsp3) is 0.556. The minimum Gasteiger partial charge on any atom is -0.494 e. The summed E-state index contributed by atoms with van der Waals surface area (Å²) in [5, 5.41) is 0. The molecule has 0 aromatic heterocycles. The highest BCUT2D eigenvalue weighted by atomic mass is 16.6. The largest absolute Gasteiger partial charge is 0.494 e. The van der Waals surface area contributed by atoms with Crippen molar-refractivity contribution in [2.45, 2.75) is 20.3 Å². The first kappa shape index (κ1) is 18.3. The van der Waals surface area contributed by atoms with Crippen molar-refractivity contribution < 1.29 is 19.1 Å². The number of piperazine rings is 1. The van der Waals surface area contributed by atoms with Gasteiger partial charge in [-0.3, -0.25) is 9.69 Å². The Bertz CT molecular complexity index is 536. The Morgan fingerprint density at radius 3 is 2.25 bits per heavy atom. The summed E-state index contributed by atoms with van der Waals surface area (Å²) in [7, 11) is 0. The highest BCUT2D eigenvalue weighted by molar-refractivity contribution is 5.96. The molecule has 0 bridgehead atoms. The van der Waals surface area contributed by atoms with Gasteiger partial charge in [-0.15, -0.1) is 0 Å². The van der Waals surface area contributed by atoms with Gasteiger partial charge in [-0.2, -0.15) is 0 Å². The summed E-state index contributed by atoms with van der Waals surface area (Å²) in [5.41, 5.74) is 0.712. The minimum absolute atomic E-state index is 0.130. The molecule has 0 radical (unpaired) electrons. The van der Waals surface area contributed by atoms with Crippen molar-refractivity contribution >= 4 is 11.9 Å². The van der Waals surface area contributed by atoms with E-state index in [1.807, 2.05) is 31.2 Å². The molecule has 1 aliphatic rings. The molecular formula is C18H26N2O4. The number of carbonyl (C=O) groups is 2. The molecule has 1 fully saturated rings. The van der Waals surface area contributed by atoms with Crippen LogP contribution >= 0.6 is 0 Å². The molecule has 0 spiro atoms. The molecule has 0 atom stereocenters. The number of rotatable bonds is 7. The van der Waals surface area contributed by atoms with Crippen LogP contribution in [0.2, 0.25) is 0 Å². The van der Waals surface area contributed by atoms with Gasteiger partial charge in [0.1, 0.15) is 5.75 Å². The van der Waals surface area contributed by atoms with E-state index in [4.69, 9.17) is 9.47 Å². The predicted molar refractivity (Wildman–Crippen MR) is 91.6 cm³/mol. The van der Waals surface area contributed by atoms with Crippen LogP contribution < -0.4 is 4.74 Å². The third kappa shape index (κ3) is 5.23. The van der Waals surface area contributed by atoms with Crippen LogP contribution in [0.25, 0.3) is 0 Å². The van der Waals surface area contributed by atoms with Crippen LogP contribution in [0, 0.1) is 0 Å². The predicted octanol–water partition coefficient (Wildman–Crippen LogP) is 2.43. The molecular weight excluding hydrogens is 308 g/mol. The first-order valence-corrected chi connectivity index (χ1v) is 8.54. The molecule has 6 nitrogen and oxygen atoms in total. The third-order valence-corrected chi connectivity index (χ3v) is 4.04. The monoisotopic (exact) mass is 334 g/mol. The van der Waals surface area contributed by atoms with Crippen molar-refractivity contribution in [1.82, 2.24) is 9.80 Å². The van der Waals surface area contributed by atoms with Gasteiger partial charge in [-0.25, -0.2) is 4.79 Å². The summed E-state index contributed by atoms with van der Waals surface area (Å²) in [6.45, 7) is 8.31. The topological polar surface area (TPSA) is 59.1 Å². The average Bonchev–Trinajstić information content (AvgIpc) is 2.61. The van der Waals surface area contributed by atoms with Crippen LogP contribution in [0.4, 0.5) is 4.79 Å². The second-order valence-electron chi connectivity index (χ2n) is 5.66. The van der Waals surface area contributed by atoms with E-state index in [1.54, 1.807) is 11.8 Å². The summed E-state index contributed by atoms with van der Waals surface area (Å²) < 4.78 is 10.4. The third-order valence-electron chi connectivity index (χ3n) is 4.04. The quantitative estimate of drug-likeness (QED) is 0.717. The van der Waals surface area contributed by atoms with Crippen molar-refractivity contribution in [3.05, 3.63) is 29.8 Å². The van der Waals surface area contributed by atoms with E-state index in [1.165, 1.54) is 0 Å². The zero-order chi connectivity index (χ0) is 17.4. The van der Waals surface area contributed by atoms with Crippen molar-refractivity contribution in [3.63, 3.8) is 0 Å². The lowest BCUT2D eigenvalue weighted by Crippen LogP contribution is -2.49. The Labute approximate surface area is 143 Å². The second kappa shape index (κ2) is 9.27. The van der Waals surface area contributed by atoms with E-state index in [0.717, 1.165) is 18.8 Å². The molecule has 0 aliphatic carbocycles. The van der Waals surface area contributed by atoms with E-state index in [0.29, 0.717) is 44.8 Å². The van der Waals surface area contributed by atoms with Gasteiger partial charge in [-0.1, -0.05) is 0 Å². The summed E-state index contributed by atoms with van der Waals surface area (Å²) >= 11 is 0. The highest BCUT2D eigenvalue weighted by Crippen LogP contribution is 2.14. The molecule has 1 aliphatic heterocycles. The number of carbonyl (C=O) groups excluding carboxylic acids is 2. The number of hydrogen-bond acceptors (Lipinski definition) is 5. The maximum atomic E-state index is 12.3. The summed E-state index contributed by atoms with van der Waals surface area (Å²) in [5.74, 6) is 0.912. The fourth-order valence-electron chi connectivity index (χ4n) is 2.68. The van der Waals surface area contributed by atoms with Crippen LogP contribution in [0.1, 0.15) is 30.6 Å². The van der Waals surface area contributed by atoms with Crippen LogP contribution in [-0.4, -0.2) is 67.6 Å². The van der Waals surface area contributed by atoms with Crippen molar-refractivity contribution in [2.75, 3.05) is 45.9 Å². The SMILES string of the molecule is CCOC(=O)N1CCN(CCC(=O)c2ccc(OCC)cc2)CC1. The average molecular weight is 334 g/mol. The molecule has 0 saturated carbocycles.